The van der Waals surface area contributed by atoms with E-state index in [0.717, 1.165) is 5.69 Å². The molecule has 0 fully saturated rings. The van der Waals surface area contributed by atoms with Crippen molar-refractivity contribution in [3.8, 4) is 5.69 Å². The summed E-state index contributed by atoms with van der Waals surface area (Å²) in [7, 11) is -4.18. The Morgan fingerprint density at radius 1 is 1.11 bits per heavy atom. The summed E-state index contributed by atoms with van der Waals surface area (Å²) in [5, 5.41) is 16.4. The van der Waals surface area contributed by atoms with Crippen LogP contribution in [0.5, 0.6) is 0 Å². The van der Waals surface area contributed by atoms with Gasteiger partial charge in [-0.05, 0) is 54.4 Å². The molecule has 10 nitrogen and oxygen atoms in total. The molecular formula is C25H26N6O4S. The molecule has 2 atom stereocenters. The number of carboxylic acids is 1. The van der Waals surface area contributed by atoms with Gasteiger partial charge in [-0.1, -0.05) is 25.1 Å². The Hall–Kier alpha value is -4.09. The lowest BCUT2D eigenvalue weighted by Crippen LogP contribution is -2.47. The van der Waals surface area contributed by atoms with Crippen molar-refractivity contribution < 1.29 is 18.3 Å². The van der Waals surface area contributed by atoms with Crippen molar-refractivity contribution in [1.82, 2.24) is 19.7 Å². The monoisotopic (exact) mass is 506 g/mol. The molecule has 0 bridgehead atoms. The minimum atomic E-state index is -4.18. The Bertz CT molecular complexity index is 1430. The Labute approximate surface area is 208 Å². The van der Waals surface area contributed by atoms with E-state index in [-0.39, 0.29) is 22.8 Å². The molecule has 11 heteroatoms. The van der Waals surface area contributed by atoms with Gasteiger partial charge in [0.2, 0.25) is 9.84 Å². The Kier molecular flexibility index (Phi) is 7.13. The number of carbonyl (C=O) groups is 1. The number of sulfone groups is 1. The number of benzene rings is 1. The van der Waals surface area contributed by atoms with Crippen LogP contribution >= 0.6 is 0 Å². The molecule has 36 heavy (non-hydrogen) atoms. The Morgan fingerprint density at radius 3 is 2.50 bits per heavy atom. The molecule has 0 radical (unpaired) electrons. The maximum absolute atomic E-state index is 13.9. The highest BCUT2D eigenvalue weighted by molar-refractivity contribution is 7.92. The van der Waals surface area contributed by atoms with E-state index in [4.69, 9.17) is 5.73 Å². The van der Waals surface area contributed by atoms with Gasteiger partial charge in [0.15, 0.2) is 4.87 Å². The van der Waals surface area contributed by atoms with Gasteiger partial charge in [0.25, 0.3) is 0 Å². The van der Waals surface area contributed by atoms with Gasteiger partial charge in [-0.2, -0.15) is 5.10 Å². The number of anilines is 1. The van der Waals surface area contributed by atoms with Crippen LogP contribution in [-0.4, -0.2) is 45.3 Å². The molecule has 2 unspecified atom stereocenters. The summed E-state index contributed by atoms with van der Waals surface area (Å²) in [4.78, 5) is 17.9. The van der Waals surface area contributed by atoms with Crippen molar-refractivity contribution in [3.63, 3.8) is 0 Å². The van der Waals surface area contributed by atoms with Gasteiger partial charge < -0.3 is 16.2 Å². The number of hydrogen-bond donors (Lipinski definition) is 3. The number of aliphatic carboxylic acids is 1. The van der Waals surface area contributed by atoms with E-state index in [9.17, 15) is 18.3 Å². The smallest absolute Gasteiger partial charge is 0.326 e. The Balaban J connectivity index is 1.77. The summed E-state index contributed by atoms with van der Waals surface area (Å²) in [6.07, 6.45) is 6.42. The van der Waals surface area contributed by atoms with Gasteiger partial charge in [0.05, 0.1) is 16.3 Å². The molecule has 1 aromatic carbocycles. The molecule has 186 valence electrons. The first-order valence-corrected chi connectivity index (χ1v) is 12.7. The third kappa shape index (κ3) is 4.97. The van der Waals surface area contributed by atoms with E-state index in [0.29, 0.717) is 12.0 Å². The summed E-state index contributed by atoms with van der Waals surface area (Å²) in [5.41, 5.74) is 8.30. The van der Waals surface area contributed by atoms with Crippen molar-refractivity contribution >= 4 is 21.6 Å². The van der Waals surface area contributed by atoms with E-state index >= 15 is 0 Å². The van der Waals surface area contributed by atoms with Crippen molar-refractivity contribution in [2.75, 3.05) is 5.32 Å². The number of nitrogens with two attached hydrogens (primary N) is 1. The summed E-state index contributed by atoms with van der Waals surface area (Å²) in [6, 6.07) is 15.8. The molecule has 4 aromatic rings. The molecule has 0 amide bonds. The molecule has 3 heterocycles. The lowest BCUT2D eigenvalue weighted by molar-refractivity contribution is -0.137. The average Bonchev–Trinajstić information content (AvgIpc) is 3.43. The molecule has 0 saturated heterocycles. The van der Waals surface area contributed by atoms with Crippen LogP contribution in [0.1, 0.15) is 24.6 Å². The standard InChI is InChI=1S/C25H26N6O4S/c1-2-21(24(32)33)29-23-8-3-7-22(30-23)25(26,36(34,35)20-6-4-13-27-17-20)16-18-9-11-19(12-10-18)31-15-5-14-28-31/h3-15,17,21H,2,16,26H2,1H3,(H,29,30)(H,32,33). The zero-order valence-corrected chi connectivity index (χ0v) is 20.3. The van der Waals surface area contributed by atoms with Crippen LogP contribution < -0.4 is 11.1 Å². The predicted octanol–water partition coefficient (Wildman–Crippen LogP) is 2.77. The van der Waals surface area contributed by atoms with E-state index in [1.165, 1.54) is 30.6 Å². The van der Waals surface area contributed by atoms with Crippen LogP contribution in [0, 0.1) is 0 Å². The third-order valence-electron chi connectivity index (χ3n) is 5.81. The molecular weight excluding hydrogens is 480 g/mol. The zero-order valence-electron chi connectivity index (χ0n) is 19.5. The molecule has 0 aliphatic carbocycles. The van der Waals surface area contributed by atoms with Gasteiger partial charge in [-0.3, -0.25) is 4.98 Å². The molecule has 0 aliphatic rings. The maximum Gasteiger partial charge on any atom is 0.326 e. The number of nitrogens with one attached hydrogen (secondary N) is 1. The molecule has 4 N–H and O–H groups in total. The topological polar surface area (TPSA) is 153 Å². The second-order valence-corrected chi connectivity index (χ2v) is 10.4. The number of hydrogen-bond acceptors (Lipinski definition) is 8. The van der Waals surface area contributed by atoms with E-state index in [1.54, 1.807) is 54.3 Å². The fraction of sp³-hybridized carbons (Fsp3) is 0.200. The highest BCUT2D eigenvalue weighted by Gasteiger charge is 2.44. The van der Waals surface area contributed by atoms with Crippen molar-refractivity contribution in [2.45, 2.75) is 35.6 Å². The number of rotatable bonds is 10. The van der Waals surface area contributed by atoms with Crippen molar-refractivity contribution in [2.24, 2.45) is 5.73 Å². The van der Waals surface area contributed by atoms with Gasteiger partial charge in [0, 0.05) is 31.2 Å². The zero-order chi connectivity index (χ0) is 25.8. The average molecular weight is 507 g/mol. The summed E-state index contributed by atoms with van der Waals surface area (Å²) < 4.78 is 29.4. The van der Waals surface area contributed by atoms with Crippen LogP contribution in [0.15, 0.2) is 90.3 Å². The second kappa shape index (κ2) is 10.3. The number of pyridine rings is 2. The predicted molar refractivity (Wildman–Crippen MR) is 134 cm³/mol. The quantitative estimate of drug-likeness (QED) is 0.295. The van der Waals surface area contributed by atoms with Crippen LogP contribution in [0.2, 0.25) is 0 Å². The summed E-state index contributed by atoms with van der Waals surface area (Å²) in [6.45, 7) is 1.72. The lowest BCUT2D eigenvalue weighted by atomic mass is 10.0. The first kappa shape index (κ1) is 25.0. The highest BCUT2D eigenvalue weighted by atomic mass is 32.2. The van der Waals surface area contributed by atoms with E-state index in [2.05, 4.69) is 20.4 Å². The molecule has 3 aromatic heterocycles. The fourth-order valence-electron chi connectivity index (χ4n) is 3.80. The first-order chi connectivity index (χ1) is 17.2. The first-order valence-electron chi connectivity index (χ1n) is 11.2. The van der Waals surface area contributed by atoms with Crippen molar-refractivity contribution in [3.05, 3.63) is 96.7 Å². The highest BCUT2D eigenvalue weighted by Crippen LogP contribution is 2.34. The molecule has 0 spiro atoms. The number of nitrogens with zero attached hydrogens (tertiary/aromatic N) is 4. The largest absolute Gasteiger partial charge is 0.480 e. The lowest BCUT2D eigenvalue weighted by Gasteiger charge is -2.29. The minimum absolute atomic E-state index is 0.0437. The van der Waals surface area contributed by atoms with Gasteiger partial charge in [0.1, 0.15) is 11.9 Å². The van der Waals surface area contributed by atoms with Crippen LogP contribution in [0.3, 0.4) is 0 Å². The van der Waals surface area contributed by atoms with E-state index in [1.807, 2.05) is 12.1 Å². The van der Waals surface area contributed by atoms with Crippen LogP contribution in [0.25, 0.3) is 5.69 Å². The van der Waals surface area contributed by atoms with Gasteiger partial charge in [-0.15, -0.1) is 0 Å². The second-order valence-electron chi connectivity index (χ2n) is 8.23. The summed E-state index contributed by atoms with van der Waals surface area (Å²) >= 11 is 0. The van der Waals surface area contributed by atoms with Crippen LogP contribution in [0.4, 0.5) is 5.82 Å². The SMILES string of the molecule is CCC(Nc1cccc(C(N)(Cc2ccc(-n3cccn3)cc2)S(=O)(=O)c2cccnc2)n1)C(=O)O. The fourth-order valence-corrected chi connectivity index (χ4v) is 5.42. The Morgan fingerprint density at radius 2 is 1.89 bits per heavy atom. The number of aromatic nitrogens is 4. The summed E-state index contributed by atoms with van der Waals surface area (Å²) in [5.74, 6) is -0.823. The van der Waals surface area contributed by atoms with E-state index < -0.39 is 26.7 Å². The van der Waals surface area contributed by atoms with Crippen molar-refractivity contribution in [1.29, 1.82) is 0 Å². The molecule has 4 rings (SSSR count). The van der Waals surface area contributed by atoms with Crippen LogP contribution in [-0.2, 0) is 25.9 Å². The maximum atomic E-state index is 13.9. The normalized spacial score (nSPS) is 14.1. The van der Waals surface area contributed by atoms with Gasteiger partial charge in [-0.25, -0.2) is 22.9 Å². The third-order valence-corrected chi connectivity index (χ3v) is 7.98. The molecule has 0 aliphatic heterocycles. The minimum Gasteiger partial charge on any atom is -0.480 e. The molecule has 0 saturated carbocycles. The number of carboxylic acid groups (broad SMARTS) is 1. The van der Waals surface area contributed by atoms with Gasteiger partial charge >= 0.3 is 5.97 Å².